The van der Waals surface area contributed by atoms with Crippen LogP contribution in [-0.2, 0) is 26.1 Å². The molecule has 0 saturated heterocycles. The molecule has 0 aliphatic carbocycles. The third-order valence-electron chi connectivity index (χ3n) is 5.54. The molecule has 1 atom stereocenters. The fraction of sp³-hybridized carbons (Fsp3) is 0.591. The molecule has 1 aromatic carbocycles. The van der Waals surface area contributed by atoms with E-state index in [4.69, 9.17) is 4.99 Å². The van der Waals surface area contributed by atoms with E-state index in [0.717, 1.165) is 56.6 Å². The minimum atomic E-state index is 0. The second-order valence-electron chi connectivity index (χ2n) is 7.80. The van der Waals surface area contributed by atoms with E-state index < -0.39 is 0 Å². The summed E-state index contributed by atoms with van der Waals surface area (Å²) in [6.07, 6.45) is 4.49. The lowest BCUT2D eigenvalue weighted by molar-refractivity contribution is 0.238. The van der Waals surface area contributed by atoms with E-state index in [-0.39, 0.29) is 24.0 Å². The average molecular weight is 525 g/mol. The van der Waals surface area contributed by atoms with Crippen LogP contribution in [0.15, 0.2) is 35.3 Å². The summed E-state index contributed by atoms with van der Waals surface area (Å²) in [5.74, 6) is 2.92. The van der Waals surface area contributed by atoms with Crippen LogP contribution < -0.4 is 10.6 Å². The highest BCUT2D eigenvalue weighted by atomic mass is 127. The summed E-state index contributed by atoms with van der Waals surface area (Å²) >= 11 is 0. The smallest absolute Gasteiger partial charge is 0.191 e. The molecule has 0 amide bonds. The van der Waals surface area contributed by atoms with Gasteiger partial charge in [0.05, 0.1) is 0 Å². The van der Waals surface area contributed by atoms with Gasteiger partial charge in [-0.05, 0) is 45.7 Å². The van der Waals surface area contributed by atoms with Gasteiger partial charge in [-0.1, -0.05) is 30.3 Å². The molecule has 1 aliphatic heterocycles. The minimum Gasteiger partial charge on any atom is -0.357 e. The molecule has 0 spiro atoms. The Balaban J connectivity index is 0.00000320. The molecule has 3 rings (SSSR count). The number of hydrogen-bond donors (Lipinski definition) is 2. The van der Waals surface area contributed by atoms with E-state index in [2.05, 4.69) is 81.5 Å². The number of aliphatic imine (C=N–C) groups is 1. The van der Waals surface area contributed by atoms with E-state index in [1.807, 2.05) is 0 Å². The van der Waals surface area contributed by atoms with Crippen LogP contribution in [0.1, 0.15) is 50.3 Å². The van der Waals surface area contributed by atoms with Crippen molar-refractivity contribution < 1.29 is 0 Å². The average Bonchev–Trinajstić information content (AvgIpc) is 3.16. The number of guanidine groups is 1. The summed E-state index contributed by atoms with van der Waals surface area (Å²) in [7, 11) is 2.19. The predicted octanol–water partition coefficient (Wildman–Crippen LogP) is 3.20. The Kier molecular flexibility index (Phi) is 10.6. The standard InChI is InChI=1S/C22H35N7.HI/c1-4-23-22(25-16-21-27-26-20-12-8-9-15-29(20)21)24-14-13-18(2)28(3)17-19-10-6-5-7-11-19;/h5-7,10-11,18H,4,8-9,12-17H2,1-3H3,(H2,23,24,25);1H. The number of halogens is 1. The third kappa shape index (κ3) is 7.23. The lowest BCUT2D eigenvalue weighted by Crippen LogP contribution is -2.40. The topological polar surface area (TPSA) is 70.4 Å². The number of aryl methyl sites for hydroxylation is 1. The maximum absolute atomic E-state index is 4.73. The first-order valence-electron chi connectivity index (χ1n) is 10.8. The van der Waals surface area contributed by atoms with Crippen LogP contribution >= 0.6 is 24.0 Å². The molecule has 0 saturated carbocycles. The van der Waals surface area contributed by atoms with Gasteiger partial charge in [-0.25, -0.2) is 4.99 Å². The summed E-state index contributed by atoms with van der Waals surface area (Å²) in [5.41, 5.74) is 1.35. The highest BCUT2D eigenvalue weighted by Crippen LogP contribution is 2.14. The van der Waals surface area contributed by atoms with Gasteiger partial charge in [-0.3, -0.25) is 4.90 Å². The quantitative estimate of drug-likeness (QED) is 0.299. The summed E-state index contributed by atoms with van der Waals surface area (Å²) in [6, 6.07) is 11.1. The molecule has 8 heteroatoms. The summed E-state index contributed by atoms with van der Waals surface area (Å²) in [5, 5.41) is 15.5. The van der Waals surface area contributed by atoms with Gasteiger partial charge in [0.15, 0.2) is 11.8 Å². The Bertz CT molecular complexity index is 775. The number of hydrogen-bond acceptors (Lipinski definition) is 4. The largest absolute Gasteiger partial charge is 0.357 e. The van der Waals surface area contributed by atoms with Crippen LogP contribution in [0, 0.1) is 0 Å². The van der Waals surface area contributed by atoms with Gasteiger partial charge < -0.3 is 15.2 Å². The molecular weight excluding hydrogens is 489 g/mol. The number of rotatable bonds is 9. The van der Waals surface area contributed by atoms with E-state index in [1.54, 1.807) is 0 Å². The van der Waals surface area contributed by atoms with Crippen LogP contribution in [0.25, 0.3) is 0 Å². The van der Waals surface area contributed by atoms with Gasteiger partial charge in [0.1, 0.15) is 12.4 Å². The molecule has 2 N–H and O–H groups in total. The number of nitrogens with zero attached hydrogens (tertiary/aromatic N) is 5. The zero-order chi connectivity index (χ0) is 20.5. The molecule has 166 valence electrons. The number of nitrogens with one attached hydrogen (secondary N) is 2. The Labute approximate surface area is 197 Å². The number of aromatic nitrogens is 3. The van der Waals surface area contributed by atoms with Gasteiger partial charge in [-0.15, -0.1) is 34.2 Å². The highest BCUT2D eigenvalue weighted by molar-refractivity contribution is 14.0. The van der Waals surface area contributed by atoms with Crippen LogP contribution in [-0.4, -0.2) is 51.8 Å². The second kappa shape index (κ2) is 12.9. The fourth-order valence-electron chi connectivity index (χ4n) is 3.62. The van der Waals surface area contributed by atoms with Crippen molar-refractivity contribution in [1.82, 2.24) is 30.3 Å². The molecule has 0 fully saturated rings. The van der Waals surface area contributed by atoms with Crippen molar-refractivity contribution in [2.45, 2.75) is 65.2 Å². The van der Waals surface area contributed by atoms with E-state index in [0.29, 0.717) is 12.6 Å². The lowest BCUT2D eigenvalue weighted by atomic mass is 10.1. The minimum absolute atomic E-state index is 0. The highest BCUT2D eigenvalue weighted by Gasteiger charge is 2.15. The zero-order valence-corrected chi connectivity index (χ0v) is 20.8. The van der Waals surface area contributed by atoms with Crippen molar-refractivity contribution in [3.05, 3.63) is 47.5 Å². The van der Waals surface area contributed by atoms with Gasteiger partial charge in [0.25, 0.3) is 0 Å². The van der Waals surface area contributed by atoms with Crippen molar-refractivity contribution in [3.8, 4) is 0 Å². The van der Waals surface area contributed by atoms with E-state index in [1.165, 1.54) is 18.4 Å². The Morgan fingerprint density at radius 2 is 2.00 bits per heavy atom. The van der Waals surface area contributed by atoms with Crippen LogP contribution in [0.4, 0.5) is 0 Å². The van der Waals surface area contributed by atoms with Gasteiger partial charge in [-0.2, -0.15) is 0 Å². The molecule has 2 aromatic rings. The number of fused-ring (bicyclic) bond motifs is 1. The van der Waals surface area contributed by atoms with Crippen molar-refractivity contribution in [3.63, 3.8) is 0 Å². The lowest BCUT2D eigenvalue weighted by Gasteiger charge is -2.25. The van der Waals surface area contributed by atoms with Crippen molar-refractivity contribution in [1.29, 1.82) is 0 Å². The molecule has 0 radical (unpaired) electrons. The van der Waals surface area contributed by atoms with E-state index >= 15 is 0 Å². The molecular formula is C22H36IN7. The fourth-order valence-corrected chi connectivity index (χ4v) is 3.62. The first kappa shape index (κ1) is 24.6. The van der Waals surface area contributed by atoms with Crippen molar-refractivity contribution in [2.24, 2.45) is 4.99 Å². The predicted molar refractivity (Wildman–Crippen MR) is 133 cm³/mol. The normalized spacial score (nSPS) is 14.7. The molecule has 1 unspecified atom stereocenters. The van der Waals surface area contributed by atoms with E-state index in [9.17, 15) is 0 Å². The Hall–Kier alpha value is -1.68. The first-order valence-corrected chi connectivity index (χ1v) is 10.8. The molecule has 1 aliphatic rings. The second-order valence-corrected chi connectivity index (χ2v) is 7.80. The summed E-state index contributed by atoms with van der Waals surface area (Å²) in [4.78, 5) is 7.12. The number of benzene rings is 1. The third-order valence-corrected chi connectivity index (χ3v) is 5.54. The zero-order valence-electron chi connectivity index (χ0n) is 18.5. The summed E-state index contributed by atoms with van der Waals surface area (Å²) in [6.45, 7) is 8.63. The van der Waals surface area contributed by atoms with Crippen LogP contribution in [0.5, 0.6) is 0 Å². The Morgan fingerprint density at radius 3 is 2.77 bits per heavy atom. The van der Waals surface area contributed by atoms with Gasteiger partial charge >= 0.3 is 0 Å². The van der Waals surface area contributed by atoms with Gasteiger partial charge in [0, 0.05) is 38.6 Å². The molecule has 0 bridgehead atoms. The van der Waals surface area contributed by atoms with Gasteiger partial charge in [0.2, 0.25) is 0 Å². The SMILES string of the molecule is CCNC(=NCc1nnc2n1CCCC2)NCCC(C)N(C)Cc1ccccc1.I. The molecule has 7 nitrogen and oxygen atoms in total. The monoisotopic (exact) mass is 525 g/mol. The van der Waals surface area contributed by atoms with Crippen molar-refractivity contribution >= 4 is 29.9 Å². The first-order chi connectivity index (χ1) is 14.2. The Morgan fingerprint density at radius 1 is 1.20 bits per heavy atom. The van der Waals surface area contributed by atoms with Crippen molar-refractivity contribution in [2.75, 3.05) is 20.1 Å². The molecule has 1 aromatic heterocycles. The maximum Gasteiger partial charge on any atom is 0.191 e. The van der Waals surface area contributed by atoms with Crippen LogP contribution in [0.3, 0.4) is 0 Å². The maximum atomic E-state index is 4.73. The van der Waals surface area contributed by atoms with Crippen LogP contribution in [0.2, 0.25) is 0 Å². The molecule has 2 heterocycles. The summed E-state index contributed by atoms with van der Waals surface area (Å²) < 4.78 is 2.23. The molecule has 30 heavy (non-hydrogen) atoms.